The predicted molar refractivity (Wildman–Crippen MR) is 55.9 cm³/mol. The molecule has 0 amide bonds. The van der Waals surface area contributed by atoms with Crippen LogP contribution in [0, 0.1) is 5.41 Å². The van der Waals surface area contributed by atoms with Crippen LogP contribution in [0.3, 0.4) is 0 Å². The van der Waals surface area contributed by atoms with Gasteiger partial charge in [0, 0.05) is 0 Å². The molecule has 0 bridgehead atoms. The summed E-state index contributed by atoms with van der Waals surface area (Å²) in [4.78, 5) is 11.6. The monoisotopic (exact) mass is 342 g/mol. The summed E-state index contributed by atoms with van der Waals surface area (Å²) in [5, 5.41) is 8.87. The zero-order valence-corrected chi connectivity index (χ0v) is 11.6. The molecule has 1 rings (SSSR count). The Morgan fingerprint density at radius 2 is 1.68 bits per heavy atom. The minimum atomic E-state index is -6.23. The standard InChI is InChI=1S/C11H13F7O4/c1-4-7(2,3)6(19)21-5-8(12,13)10(20,11(16,17)18)22-9(5,14)15/h5,20H,4H2,1-3H3. The van der Waals surface area contributed by atoms with Crippen molar-refractivity contribution in [1.29, 1.82) is 0 Å². The van der Waals surface area contributed by atoms with Crippen LogP contribution in [0.25, 0.3) is 0 Å². The van der Waals surface area contributed by atoms with Crippen molar-refractivity contribution in [2.75, 3.05) is 0 Å². The lowest BCUT2D eigenvalue weighted by atomic mass is 9.90. The second-order valence-electron chi connectivity index (χ2n) is 5.45. The number of carbonyl (C=O) groups is 1. The van der Waals surface area contributed by atoms with E-state index in [0.717, 1.165) is 13.8 Å². The minimum absolute atomic E-state index is 0.0138. The first-order chi connectivity index (χ1) is 9.53. The number of hydrogen-bond acceptors (Lipinski definition) is 4. The van der Waals surface area contributed by atoms with E-state index in [0.29, 0.717) is 0 Å². The summed E-state index contributed by atoms with van der Waals surface area (Å²) in [5.41, 5.74) is -1.49. The molecule has 22 heavy (non-hydrogen) atoms. The number of hydrogen-bond donors (Lipinski definition) is 1. The molecule has 0 saturated carbocycles. The van der Waals surface area contributed by atoms with Crippen LogP contribution in [0.1, 0.15) is 27.2 Å². The van der Waals surface area contributed by atoms with Crippen molar-refractivity contribution in [3.63, 3.8) is 0 Å². The molecule has 4 nitrogen and oxygen atoms in total. The highest BCUT2D eigenvalue weighted by Crippen LogP contribution is 2.57. The van der Waals surface area contributed by atoms with Gasteiger partial charge in [0.2, 0.25) is 0 Å². The maximum atomic E-state index is 13.6. The molecule has 0 aromatic rings. The molecule has 2 atom stereocenters. The Morgan fingerprint density at radius 3 is 2.00 bits per heavy atom. The lowest BCUT2D eigenvalue weighted by Crippen LogP contribution is -2.60. The van der Waals surface area contributed by atoms with Crippen molar-refractivity contribution >= 4 is 5.97 Å². The molecule has 0 spiro atoms. The van der Waals surface area contributed by atoms with Gasteiger partial charge < -0.3 is 9.84 Å². The van der Waals surface area contributed by atoms with E-state index in [-0.39, 0.29) is 6.42 Å². The van der Waals surface area contributed by atoms with E-state index in [2.05, 4.69) is 9.47 Å². The summed E-state index contributed by atoms with van der Waals surface area (Å²) >= 11 is 0. The zero-order chi connectivity index (χ0) is 17.8. The molecule has 0 aromatic heterocycles. The van der Waals surface area contributed by atoms with Crippen molar-refractivity contribution in [2.45, 2.75) is 57.3 Å². The first-order valence-corrected chi connectivity index (χ1v) is 5.99. The maximum Gasteiger partial charge on any atom is 0.450 e. The van der Waals surface area contributed by atoms with Crippen molar-refractivity contribution in [1.82, 2.24) is 0 Å². The SMILES string of the molecule is CCC(C)(C)C(=O)OC1C(F)(F)OC(O)(C(F)(F)F)C1(F)F. The number of rotatable bonds is 3. The van der Waals surface area contributed by atoms with Gasteiger partial charge in [-0.3, -0.25) is 9.53 Å². The van der Waals surface area contributed by atoms with Crippen LogP contribution in [0.5, 0.6) is 0 Å². The van der Waals surface area contributed by atoms with Crippen molar-refractivity contribution < 1.29 is 50.1 Å². The molecule has 1 aliphatic rings. The summed E-state index contributed by atoms with van der Waals surface area (Å²) in [6.07, 6.45) is -15.4. The van der Waals surface area contributed by atoms with Gasteiger partial charge in [0.15, 0.2) is 0 Å². The fourth-order valence-electron chi connectivity index (χ4n) is 1.51. The third-order valence-electron chi connectivity index (χ3n) is 3.42. The van der Waals surface area contributed by atoms with Gasteiger partial charge in [-0.05, 0) is 20.3 Å². The van der Waals surface area contributed by atoms with E-state index >= 15 is 0 Å². The van der Waals surface area contributed by atoms with Gasteiger partial charge in [0.1, 0.15) is 0 Å². The molecule has 1 aliphatic heterocycles. The smallest absolute Gasteiger partial charge is 0.446 e. The van der Waals surface area contributed by atoms with Crippen LogP contribution in [-0.4, -0.2) is 41.2 Å². The second kappa shape index (κ2) is 4.95. The number of alkyl halides is 7. The number of ether oxygens (including phenoxy) is 2. The minimum Gasteiger partial charge on any atom is -0.446 e. The van der Waals surface area contributed by atoms with Crippen LogP contribution < -0.4 is 0 Å². The van der Waals surface area contributed by atoms with Gasteiger partial charge in [0.25, 0.3) is 6.10 Å². The molecule has 11 heteroatoms. The molecule has 1 fully saturated rings. The van der Waals surface area contributed by atoms with Gasteiger partial charge in [-0.1, -0.05) is 6.92 Å². The van der Waals surface area contributed by atoms with Crippen LogP contribution >= 0.6 is 0 Å². The molecule has 0 radical (unpaired) electrons. The second-order valence-corrected chi connectivity index (χ2v) is 5.45. The van der Waals surface area contributed by atoms with Crippen molar-refractivity contribution in [3.8, 4) is 0 Å². The van der Waals surface area contributed by atoms with Gasteiger partial charge in [-0.2, -0.15) is 30.7 Å². The largest absolute Gasteiger partial charge is 0.450 e. The predicted octanol–water partition coefficient (Wildman–Crippen LogP) is 2.84. The van der Waals surface area contributed by atoms with E-state index in [4.69, 9.17) is 5.11 Å². The fourth-order valence-corrected chi connectivity index (χ4v) is 1.51. The zero-order valence-electron chi connectivity index (χ0n) is 11.6. The molecule has 2 unspecified atom stereocenters. The van der Waals surface area contributed by atoms with E-state index < -0.39 is 41.5 Å². The molecule has 1 N–H and O–H groups in total. The topological polar surface area (TPSA) is 55.8 Å². The van der Waals surface area contributed by atoms with Gasteiger partial charge in [-0.15, -0.1) is 0 Å². The number of esters is 1. The number of aliphatic hydroxyl groups is 1. The van der Waals surface area contributed by atoms with E-state index in [1.54, 1.807) is 0 Å². The van der Waals surface area contributed by atoms with Crippen LogP contribution in [0.2, 0.25) is 0 Å². The normalized spacial score (nSPS) is 31.1. The highest BCUT2D eigenvalue weighted by atomic mass is 19.4. The molecule has 130 valence electrons. The van der Waals surface area contributed by atoms with E-state index in [1.807, 2.05) is 0 Å². The molecule has 0 aromatic carbocycles. The highest BCUT2D eigenvalue weighted by molar-refractivity contribution is 5.76. The average Bonchev–Trinajstić information content (AvgIpc) is 2.45. The summed E-state index contributed by atoms with van der Waals surface area (Å²) in [7, 11) is 0. The Bertz CT molecular complexity index is 460. The van der Waals surface area contributed by atoms with Gasteiger partial charge in [-0.25, -0.2) is 0 Å². The van der Waals surface area contributed by atoms with Crippen LogP contribution in [0.15, 0.2) is 0 Å². The Labute approximate surface area is 120 Å². The first-order valence-electron chi connectivity index (χ1n) is 5.99. The average molecular weight is 342 g/mol. The first kappa shape index (κ1) is 18.9. The maximum absolute atomic E-state index is 13.6. The van der Waals surface area contributed by atoms with Crippen molar-refractivity contribution in [2.24, 2.45) is 5.41 Å². The van der Waals surface area contributed by atoms with Crippen LogP contribution in [-0.2, 0) is 14.3 Å². The molecule has 0 aliphatic carbocycles. The number of carbonyl (C=O) groups excluding carboxylic acids is 1. The lowest BCUT2D eigenvalue weighted by molar-refractivity contribution is -0.433. The Kier molecular flexibility index (Phi) is 4.26. The van der Waals surface area contributed by atoms with E-state index in [1.165, 1.54) is 6.92 Å². The highest BCUT2D eigenvalue weighted by Gasteiger charge is 2.87. The molecule has 1 saturated heterocycles. The molecular weight excluding hydrogens is 329 g/mol. The summed E-state index contributed by atoms with van der Waals surface area (Å²) in [6.45, 7) is 3.74. The van der Waals surface area contributed by atoms with E-state index in [9.17, 15) is 35.5 Å². The fraction of sp³-hybridized carbons (Fsp3) is 0.909. The Balaban J connectivity index is 3.23. The summed E-state index contributed by atoms with van der Waals surface area (Å²) in [5.74, 6) is -12.6. The van der Waals surface area contributed by atoms with Gasteiger partial charge >= 0.3 is 30.0 Å². The van der Waals surface area contributed by atoms with Crippen molar-refractivity contribution in [3.05, 3.63) is 0 Å². The third kappa shape index (κ3) is 2.64. The molecule has 1 heterocycles. The number of halogens is 7. The Morgan fingerprint density at radius 1 is 1.23 bits per heavy atom. The Hall–Kier alpha value is -1.10. The molecular formula is C11H13F7O4. The van der Waals surface area contributed by atoms with Gasteiger partial charge in [0.05, 0.1) is 5.41 Å². The summed E-state index contributed by atoms with van der Waals surface area (Å²) < 4.78 is 98.1. The van der Waals surface area contributed by atoms with Crippen LogP contribution in [0.4, 0.5) is 30.7 Å². The quantitative estimate of drug-likeness (QED) is 0.633. The lowest BCUT2D eigenvalue weighted by Gasteiger charge is -2.31. The summed E-state index contributed by atoms with van der Waals surface area (Å²) in [6, 6.07) is 0. The third-order valence-corrected chi connectivity index (χ3v) is 3.42.